The highest BCUT2D eigenvalue weighted by Gasteiger charge is 2.71. The number of carbonyl (C=O) groups excluding carboxylic acids is 3. The summed E-state index contributed by atoms with van der Waals surface area (Å²) in [5.74, 6) is 2.30. The van der Waals surface area contributed by atoms with E-state index in [-0.39, 0.29) is 45.6 Å². The van der Waals surface area contributed by atoms with Gasteiger partial charge in [0.05, 0.1) is 18.6 Å². The number of aliphatic hydroxyl groups is 1. The third kappa shape index (κ3) is 6.19. The van der Waals surface area contributed by atoms with Crippen LogP contribution in [0.25, 0.3) is 0 Å². The Hall–Kier alpha value is -1.89. The van der Waals surface area contributed by atoms with Gasteiger partial charge in [-0.05, 0) is 135 Å². The van der Waals surface area contributed by atoms with Crippen LogP contribution in [0, 0.1) is 56.7 Å². The van der Waals surface area contributed by atoms with Crippen LogP contribution in [-0.4, -0.2) is 49.2 Å². The molecule has 3 N–H and O–H groups in total. The van der Waals surface area contributed by atoms with E-state index in [1.807, 2.05) is 0 Å². The molecule has 1 unspecified atom stereocenters. The number of carbonyl (C=O) groups is 3. The fourth-order valence-corrected chi connectivity index (χ4v) is 13.2. The molecule has 5 saturated carbocycles. The Labute approximate surface area is 291 Å². The van der Waals surface area contributed by atoms with Crippen molar-refractivity contribution in [2.24, 2.45) is 56.7 Å². The van der Waals surface area contributed by atoms with Gasteiger partial charge in [-0.15, -0.1) is 0 Å². The number of hydrogen-bond donors (Lipinski definition) is 3. The number of esters is 1. The summed E-state index contributed by atoms with van der Waals surface area (Å²) in [7, 11) is 1.31. The summed E-state index contributed by atoms with van der Waals surface area (Å²) in [6.07, 6.45) is 16.2. The van der Waals surface area contributed by atoms with Gasteiger partial charge in [0.15, 0.2) is 0 Å². The van der Waals surface area contributed by atoms with Crippen molar-refractivity contribution >= 4 is 17.8 Å². The molecule has 0 saturated heterocycles. The van der Waals surface area contributed by atoms with Crippen molar-refractivity contribution in [2.75, 3.05) is 20.2 Å². The molecular weight excluding hydrogens is 600 g/mol. The second kappa shape index (κ2) is 14.0. The number of hydrogen-bond acceptors (Lipinski definition) is 5. The zero-order chi connectivity index (χ0) is 35.1. The van der Waals surface area contributed by atoms with E-state index in [0.29, 0.717) is 48.5 Å². The summed E-state index contributed by atoms with van der Waals surface area (Å²) < 4.78 is 4.56. The summed E-state index contributed by atoms with van der Waals surface area (Å²) in [5, 5.41) is 17.1. The Morgan fingerprint density at radius 3 is 2.21 bits per heavy atom. The third-order valence-electron chi connectivity index (χ3n) is 16.0. The summed E-state index contributed by atoms with van der Waals surface area (Å²) in [5.41, 5.74) is 1.65. The van der Waals surface area contributed by atoms with Crippen molar-refractivity contribution in [2.45, 2.75) is 150 Å². The summed E-state index contributed by atoms with van der Waals surface area (Å²) in [6, 6.07) is 0. The number of ether oxygens (including phenoxy) is 1. The van der Waals surface area contributed by atoms with Crippen LogP contribution in [0.5, 0.6) is 0 Å². The topological polar surface area (TPSA) is 105 Å². The highest BCUT2D eigenvalue weighted by atomic mass is 16.5. The molecule has 272 valence electrons. The number of methoxy groups -OCH3 is 1. The Balaban J connectivity index is 1.21. The highest BCUT2D eigenvalue weighted by Crippen LogP contribution is 2.77. The van der Waals surface area contributed by atoms with Gasteiger partial charge in [-0.1, -0.05) is 66.0 Å². The molecule has 0 heterocycles. The molecule has 48 heavy (non-hydrogen) atoms. The minimum absolute atomic E-state index is 0.0360. The number of nitrogens with one attached hydrogen (secondary N) is 2. The summed E-state index contributed by atoms with van der Waals surface area (Å²) in [6.45, 7) is 19.9. The van der Waals surface area contributed by atoms with Crippen LogP contribution in [0.4, 0.5) is 0 Å². The van der Waals surface area contributed by atoms with Crippen molar-refractivity contribution in [3.05, 3.63) is 12.2 Å². The van der Waals surface area contributed by atoms with Gasteiger partial charge < -0.3 is 20.5 Å². The third-order valence-corrected chi connectivity index (χ3v) is 16.0. The van der Waals surface area contributed by atoms with Gasteiger partial charge in [0.25, 0.3) is 0 Å². The molecule has 0 spiro atoms. The van der Waals surface area contributed by atoms with Gasteiger partial charge >= 0.3 is 5.97 Å². The molecule has 5 fully saturated rings. The number of amides is 2. The Bertz CT molecular complexity index is 1230. The average Bonchev–Trinajstić information content (AvgIpc) is 3.44. The van der Waals surface area contributed by atoms with Gasteiger partial charge in [0.1, 0.15) is 6.54 Å². The molecule has 0 bridgehead atoms. The molecule has 0 aromatic carbocycles. The maximum atomic E-state index is 14.4. The average molecular weight is 669 g/mol. The van der Waals surface area contributed by atoms with E-state index in [2.05, 4.69) is 63.5 Å². The summed E-state index contributed by atoms with van der Waals surface area (Å²) >= 11 is 0. The van der Waals surface area contributed by atoms with Gasteiger partial charge in [0.2, 0.25) is 11.8 Å². The van der Waals surface area contributed by atoms with E-state index in [4.69, 9.17) is 0 Å². The molecule has 0 aliphatic heterocycles. The van der Waals surface area contributed by atoms with Crippen LogP contribution >= 0.6 is 0 Å². The Morgan fingerprint density at radius 1 is 0.792 bits per heavy atom. The first kappa shape index (κ1) is 37.4. The van der Waals surface area contributed by atoms with Gasteiger partial charge in [0, 0.05) is 13.0 Å². The van der Waals surface area contributed by atoms with Crippen molar-refractivity contribution in [1.82, 2.24) is 10.6 Å². The zero-order valence-corrected chi connectivity index (χ0v) is 31.5. The first-order chi connectivity index (χ1) is 22.6. The maximum absolute atomic E-state index is 14.4. The molecule has 0 aromatic rings. The van der Waals surface area contributed by atoms with Crippen molar-refractivity contribution in [3.8, 4) is 0 Å². The van der Waals surface area contributed by atoms with E-state index in [1.165, 1.54) is 38.4 Å². The second-order valence-electron chi connectivity index (χ2n) is 18.3. The van der Waals surface area contributed by atoms with Gasteiger partial charge in [-0.3, -0.25) is 14.4 Å². The number of fused-ring (bicyclic) bond motifs is 7. The monoisotopic (exact) mass is 669 g/mol. The predicted octanol–water partition coefficient (Wildman–Crippen LogP) is 7.75. The van der Waals surface area contributed by atoms with Gasteiger partial charge in [-0.2, -0.15) is 0 Å². The van der Waals surface area contributed by atoms with E-state index in [1.54, 1.807) is 0 Å². The van der Waals surface area contributed by atoms with Crippen LogP contribution in [0.2, 0.25) is 0 Å². The van der Waals surface area contributed by atoms with Crippen LogP contribution < -0.4 is 10.6 Å². The lowest BCUT2D eigenvalue weighted by atomic mass is 9.32. The number of rotatable bonds is 12. The van der Waals surface area contributed by atoms with Crippen LogP contribution in [-0.2, 0) is 19.1 Å². The standard InChI is InChI=1S/C41H68N2O5/c1-27(2)28-17-22-41(36(47)42-25-13-11-9-10-12-14-33(45)43-26-34(46)48-8)24-23-39(6)29(35(28)41)15-16-31-38(5)20-19-32(44)37(3,4)30(38)18-21-40(31,39)7/h28-32,35,44H,1,9-26H2,2-8H3,(H,42,47)(H,43,45)/t28-,29+,30-,31?,32-,35+,38-,39+,40+,41-/m0/s1. The normalized spacial score (nSPS) is 41.2. The van der Waals surface area contributed by atoms with E-state index in [9.17, 15) is 19.5 Å². The van der Waals surface area contributed by atoms with Crippen LogP contribution in [0.3, 0.4) is 0 Å². The molecule has 5 aliphatic carbocycles. The van der Waals surface area contributed by atoms with Crippen LogP contribution in [0.15, 0.2) is 12.2 Å². The number of unbranched alkanes of at least 4 members (excludes halogenated alkanes) is 4. The largest absolute Gasteiger partial charge is 0.468 e. The SMILES string of the molecule is C=C(C)[C@@H]1CC[C@]2(C(=O)NCCCCCCCC(=O)NCC(=O)OC)CC[C@]3(C)[C@H](CCC4[C@@]5(C)CC[C@H](O)C(C)(C)[C@@H]5CC[C@]43C)[C@@H]12. The van der Waals surface area contributed by atoms with Gasteiger partial charge in [-0.25, -0.2) is 0 Å². The number of aliphatic hydroxyl groups excluding tert-OH is 1. The fraction of sp³-hybridized carbons (Fsp3) is 0.878. The smallest absolute Gasteiger partial charge is 0.325 e. The molecule has 5 aliphatic rings. The molecule has 7 nitrogen and oxygen atoms in total. The van der Waals surface area contributed by atoms with Crippen LogP contribution in [0.1, 0.15) is 144 Å². The highest BCUT2D eigenvalue weighted by molar-refractivity contribution is 5.84. The Kier molecular flexibility index (Phi) is 10.9. The molecular formula is C41H68N2O5. The molecule has 5 rings (SSSR count). The molecule has 0 aromatic heterocycles. The van der Waals surface area contributed by atoms with Crippen molar-refractivity contribution < 1.29 is 24.2 Å². The zero-order valence-electron chi connectivity index (χ0n) is 31.5. The van der Waals surface area contributed by atoms with E-state index < -0.39 is 5.97 Å². The van der Waals surface area contributed by atoms with E-state index in [0.717, 1.165) is 70.6 Å². The minimum atomic E-state index is -0.435. The minimum Gasteiger partial charge on any atom is -0.468 e. The fourth-order valence-electron chi connectivity index (χ4n) is 13.2. The van der Waals surface area contributed by atoms with Crippen molar-refractivity contribution in [1.29, 1.82) is 0 Å². The van der Waals surface area contributed by atoms with E-state index >= 15 is 0 Å². The summed E-state index contributed by atoms with van der Waals surface area (Å²) in [4.78, 5) is 37.4. The lowest BCUT2D eigenvalue weighted by molar-refractivity contribution is -0.246. The quantitative estimate of drug-likeness (QED) is 0.112. The lowest BCUT2D eigenvalue weighted by Crippen LogP contribution is -2.67. The lowest BCUT2D eigenvalue weighted by Gasteiger charge is -2.72. The van der Waals surface area contributed by atoms with Crippen molar-refractivity contribution in [3.63, 3.8) is 0 Å². The first-order valence-electron chi connectivity index (χ1n) is 19.5. The second-order valence-corrected chi connectivity index (χ2v) is 18.3. The molecule has 10 atom stereocenters. The molecule has 7 heteroatoms. The molecule has 2 amide bonds. The molecule has 0 radical (unpaired) electrons. The first-order valence-corrected chi connectivity index (χ1v) is 19.5. The Morgan fingerprint density at radius 2 is 1.50 bits per heavy atom. The number of allylic oxidation sites excluding steroid dienone is 1. The predicted molar refractivity (Wildman–Crippen MR) is 191 cm³/mol. The maximum Gasteiger partial charge on any atom is 0.325 e.